The lowest BCUT2D eigenvalue weighted by molar-refractivity contribution is -0.374. The number of aliphatic hydroxyl groups is 9. The van der Waals surface area contributed by atoms with Crippen LogP contribution in [0.4, 0.5) is 0 Å². The largest absolute Gasteiger partial charge is 0.397 e. The van der Waals surface area contributed by atoms with Crippen molar-refractivity contribution < 1.29 is 91.6 Å². The van der Waals surface area contributed by atoms with Crippen LogP contribution in [0.5, 0.6) is 0 Å². The molecule has 0 aromatic carbocycles. The molecule has 240 valence electrons. The van der Waals surface area contributed by atoms with Gasteiger partial charge in [-0.3, -0.25) is 9.35 Å². The normalized spacial score (nSPS) is 45.8. The first kappa shape index (κ1) is 34.3. The van der Waals surface area contributed by atoms with Crippen LogP contribution >= 0.6 is 0 Å². The van der Waals surface area contributed by atoms with Gasteiger partial charge in [0.15, 0.2) is 18.9 Å². The fourth-order valence-electron chi connectivity index (χ4n) is 4.70. The summed E-state index contributed by atoms with van der Waals surface area (Å²) >= 11 is 0. The van der Waals surface area contributed by atoms with Crippen LogP contribution in [0.1, 0.15) is 6.92 Å². The molecule has 0 aromatic heterocycles. The lowest BCUT2D eigenvalue weighted by Gasteiger charge is -2.48. The second-order valence-electron chi connectivity index (χ2n) is 9.57. The van der Waals surface area contributed by atoms with Crippen molar-refractivity contribution in [3.05, 3.63) is 0 Å². The molecule has 3 saturated heterocycles. The van der Waals surface area contributed by atoms with Crippen molar-refractivity contribution in [1.82, 2.24) is 5.32 Å². The summed E-state index contributed by atoms with van der Waals surface area (Å²) in [6.07, 6.45) is -25.9. The number of hydrogen-bond acceptors (Lipinski definition) is 18. The Hall–Kier alpha value is -1.22. The van der Waals surface area contributed by atoms with E-state index in [4.69, 9.17) is 28.2 Å². The fraction of sp³-hybridized carbons (Fsp3) is 0.950. The van der Waals surface area contributed by atoms with Crippen LogP contribution in [-0.2, 0) is 43.1 Å². The van der Waals surface area contributed by atoms with Crippen molar-refractivity contribution in [1.29, 1.82) is 0 Å². The summed E-state index contributed by atoms with van der Waals surface area (Å²) in [5.74, 6) is -0.669. The Bertz CT molecular complexity index is 972. The van der Waals surface area contributed by atoms with Crippen molar-refractivity contribution in [3.63, 3.8) is 0 Å². The number of aliphatic hydroxyl groups excluding tert-OH is 9. The molecule has 1 amide bonds. The molecule has 0 radical (unpaired) electrons. The third-order valence-corrected chi connectivity index (χ3v) is 7.17. The maximum atomic E-state index is 11.5. The number of hydrogen-bond donors (Lipinski definition) is 11. The summed E-state index contributed by atoms with van der Waals surface area (Å²) in [7, 11) is -5.25. The van der Waals surface area contributed by atoms with Gasteiger partial charge in [0, 0.05) is 6.92 Å². The number of rotatable bonds is 10. The minimum absolute atomic E-state index is 0.669. The summed E-state index contributed by atoms with van der Waals surface area (Å²) < 4.78 is 62.6. The van der Waals surface area contributed by atoms with E-state index in [9.17, 15) is 59.2 Å². The highest BCUT2D eigenvalue weighted by molar-refractivity contribution is 7.80. The molecule has 3 fully saturated rings. The van der Waals surface area contributed by atoms with Gasteiger partial charge in [-0.1, -0.05) is 0 Å². The third kappa shape index (κ3) is 7.84. The second-order valence-corrected chi connectivity index (χ2v) is 10.6. The molecule has 3 aliphatic rings. The Balaban J connectivity index is 1.84. The minimum Gasteiger partial charge on any atom is -0.394 e. The molecule has 3 heterocycles. The van der Waals surface area contributed by atoms with Gasteiger partial charge >= 0.3 is 10.4 Å². The van der Waals surface area contributed by atoms with E-state index in [1.54, 1.807) is 0 Å². The van der Waals surface area contributed by atoms with E-state index in [1.807, 2.05) is 0 Å². The highest BCUT2D eigenvalue weighted by atomic mass is 32.3. The van der Waals surface area contributed by atoms with E-state index < -0.39 is 128 Å². The predicted octanol–water partition coefficient (Wildman–Crippen LogP) is -7.60. The van der Waals surface area contributed by atoms with Crippen molar-refractivity contribution >= 4 is 16.3 Å². The van der Waals surface area contributed by atoms with Gasteiger partial charge in [-0.2, -0.15) is 8.42 Å². The molecule has 15 atom stereocenters. The quantitative estimate of drug-likeness (QED) is 0.100. The summed E-state index contributed by atoms with van der Waals surface area (Å²) in [6.45, 7) is -1.62. The van der Waals surface area contributed by atoms with Gasteiger partial charge in [-0.05, 0) is 0 Å². The zero-order valence-corrected chi connectivity index (χ0v) is 22.2. The molecule has 21 heteroatoms. The Kier molecular flexibility index (Phi) is 11.7. The van der Waals surface area contributed by atoms with Gasteiger partial charge in [0.2, 0.25) is 5.91 Å². The maximum absolute atomic E-state index is 11.5. The summed E-state index contributed by atoms with van der Waals surface area (Å²) in [6, 6.07) is -1.46. The molecular weight excluding hydrogens is 590 g/mol. The van der Waals surface area contributed by atoms with Gasteiger partial charge in [-0.15, -0.1) is 0 Å². The topological polar surface area (TPSA) is 321 Å². The number of ether oxygens (including phenoxy) is 5. The average Bonchev–Trinajstić information content (AvgIpc) is 2.89. The molecule has 0 aromatic rings. The van der Waals surface area contributed by atoms with Gasteiger partial charge in [-0.25, -0.2) is 4.18 Å². The molecule has 0 bridgehead atoms. The first-order valence-corrected chi connectivity index (χ1v) is 13.6. The lowest BCUT2D eigenvalue weighted by Crippen LogP contribution is -2.68. The molecule has 3 rings (SSSR count). The first-order chi connectivity index (χ1) is 19.1. The van der Waals surface area contributed by atoms with E-state index in [1.165, 1.54) is 0 Å². The molecule has 0 unspecified atom stereocenters. The molecule has 41 heavy (non-hydrogen) atoms. The highest BCUT2D eigenvalue weighted by Crippen LogP contribution is 2.33. The Morgan fingerprint density at radius 3 is 1.63 bits per heavy atom. The predicted molar refractivity (Wildman–Crippen MR) is 123 cm³/mol. The van der Waals surface area contributed by atoms with Crippen LogP contribution in [-0.4, -0.2) is 177 Å². The fourth-order valence-corrected chi connectivity index (χ4v) is 5.20. The smallest absolute Gasteiger partial charge is 0.394 e. The maximum Gasteiger partial charge on any atom is 0.397 e. The SMILES string of the molecule is CC(=O)N[C@@H]1[C@@H](O)[C@H](O[C@@H]2O[C@H](CO)[C@H](O)[C@H](O[C@@H]3O[C@H](CO)[C@@H](O)[C@H](OS(=O)(=O)O)[C@H]3O)[C@H]2O)[C@@H](CO)O[C@H]1O. The van der Waals surface area contributed by atoms with Gasteiger partial charge < -0.3 is 75.0 Å². The zero-order chi connectivity index (χ0) is 30.8. The minimum atomic E-state index is -5.25. The average molecular weight is 626 g/mol. The van der Waals surface area contributed by atoms with E-state index in [2.05, 4.69) is 9.50 Å². The monoisotopic (exact) mass is 625 g/mol. The highest BCUT2D eigenvalue weighted by Gasteiger charge is 2.54. The van der Waals surface area contributed by atoms with Crippen LogP contribution in [0.15, 0.2) is 0 Å². The van der Waals surface area contributed by atoms with Crippen molar-refractivity contribution in [3.8, 4) is 0 Å². The van der Waals surface area contributed by atoms with E-state index in [0.717, 1.165) is 6.92 Å². The summed E-state index contributed by atoms with van der Waals surface area (Å²) in [5.41, 5.74) is 0. The van der Waals surface area contributed by atoms with Gasteiger partial charge in [0.1, 0.15) is 73.2 Å². The Morgan fingerprint density at radius 2 is 1.17 bits per heavy atom. The third-order valence-electron chi connectivity index (χ3n) is 6.70. The van der Waals surface area contributed by atoms with Crippen LogP contribution in [0.25, 0.3) is 0 Å². The van der Waals surface area contributed by atoms with Crippen LogP contribution in [0.3, 0.4) is 0 Å². The van der Waals surface area contributed by atoms with Crippen molar-refractivity contribution in [2.75, 3.05) is 19.8 Å². The molecule has 0 saturated carbocycles. The van der Waals surface area contributed by atoms with Crippen molar-refractivity contribution in [2.24, 2.45) is 0 Å². The Labute approximate surface area is 232 Å². The number of carbonyl (C=O) groups excluding carboxylic acids is 1. The first-order valence-electron chi connectivity index (χ1n) is 12.2. The standard InChI is InChI=1S/C20H35NO19S/c1-5(25)21-9-12(28)15(8(4-24)35-18(9)31)38-19-13(29)16(10(26)6(2-22)36-19)39-20-14(30)17(40-41(32,33)34)11(27)7(3-23)37-20/h6-20,22-24,26-31H,2-4H2,1H3,(H,21,25)(H,32,33,34)/t6-,7-,8-,9-,10+,11-,12-,13-,14-,15-,16+,17+,18-,19+,20+/m1/s1. The number of carbonyl (C=O) groups is 1. The second kappa shape index (κ2) is 14.0. The van der Waals surface area contributed by atoms with Gasteiger partial charge in [0.25, 0.3) is 0 Å². The number of nitrogens with one attached hydrogen (secondary N) is 1. The van der Waals surface area contributed by atoms with Crippen molar-refractivity contribution in [2.45, 2.75) is 99.0 Å². The van der Waals surface area contributed by atoms with E-state index >= 15 is 0 Å². The summed E-state index contributed by atoms with van der Waals surface area (Å²) in [5, 5.41) is 94.4. The molecule has 11 N–H and O–H groups in total. The van der Waals surface area contributed by atoms with E-state index in [-0.39, 0.29) is 0 Å². The molecule has 20 nitrogen and oxygen atoms in total. The molecular formula is C20H35NO19S. The van der Waals surface area contributed by atoms with E-state index in [0.29, 0.717) is 0 Å². The van der Waals surface area contributed by atoms with Crippen LogP contribution in [0, 0.1) is 0 Å². The van der Waals surface area contributed by atoms with Gasteiger partial charge in [0.05, 0.1) is 19.8 Å². The lowest BCUT2D eigenvalue weighted by atomic mass is 9.95. The summed E-state index contributed by atoms with van der Waals surface area (Å²) in [4.78, 5) is 11.5. The van der Waals surface area contributed by atoms with Crippen LogP contribution < -0.4 is 5.32 Å². The molecule has 3 aliphatic heterocycles. The number of amides is 1. The van der Waals surface area contributed by atoms with Crippen LogP contribution in [0.2, 0.25) is 0 Å². The molecule has 0 aliphatic carbocycles. The Morgan fingerprint density at radius 1 is 0.707 bits per heavy atom. The molecule has 0 spiro atoms. The zero-order valence-electron chi connectivity index (χ0n) is 21.3.